The van der Waals surface area contributed by atoms with Gasteiger partial charge in [-0.05, 0) is 29.8 Å². The van der Waals surface area contributed by atoms with Crippen molar-refractivity contribution in [3.05, 3.63) is 89.2 Å². The van der Waals surface area contributed by atoms with Crippen molar-refractivity contribution in [2.75, 3.05) is 11.9 Å². The number of nitrogens with one attached hydrogen (secondary N) is 1. The Bertz CT molecular complexity index is 853. The van der Waals surface area contributed by atoms with Gasteiger partial charge in [0.1, 0.15) is 11.4 Å². The van der Waals surface area contributed by atoms with Gasteiger partial charge in [-0.15, -0.1) is 0 Å². The number of para-hydroxylation sites is 2. The quantitative estimate of drug-likeness (QED) is 0.704. The number of pyridine rings is 1. The largest absolute Gasteiger partial charge is 0.491 e. The first kappa shape index (κ1) is 17.0. The van der Waals surface area contributed by atoms with Crippen LogP contribution in [-0.4, -0.2) is 17.5 Å². The van der Waals surface area contributed by atoms with Crippen LogP contribution in [0.25, 0.3) is 0 Å². The normalized spacial score (nSPS) is 10.3. The van der Waals surface area contributed by atoms with Gasteiger partial charge in [-0.2, -0.15) is 0 Å². The van der Waals surface area contributed by atoms with Crippen molar-refractivity contribution >= 4 is 23.2 Å². The summed E-state index contributed by atoms with van der Waals surface area (Å²) in [4.78, 5) is 16.4. The minimum absolute atomic E-state index is 0.256. The molecular weight excluding hydrogens is 336 g/mol. The van der Waals surface area contributed by atoms with Crippen LogP contribution in [0, 0.1) is 0 Å². The fraction of sp³-hybridized carbons (Fsp3) is 0.100. The van der Waals surface area contributed by atoms with Crippen molar-refractivity contribution in [1.29, 1.82) is 0 Å². The zero-order valence-electron chi connectivity index (χ0n) is 13.5. The van der Waals surface area contributed by atoms with Crippen LogP contribution in [-0.2, 0) is 6.42 Å². The van der Waals surface area contributed by atoms with Crippen molar-refractivity contribution in [2.24, 2.45) is 0 Å². The molecule has 1 amide bonds. The number of rotatable bonds is 6. The number of amides is 1. The molecule has 3 rings (SSSR count). The minimum Gasteiger partial charge on any atom is -0.491 e. The number of carbonyl (C=O) groups excluding carboxylic acids is 1. The van der Waals surface area contributed by atoms with Crippen LogP contribution in [0.2, 0.25) is 5.02 Å². The van der Waals surface area contributed by atoms with Crippen molar-refractivity contribution in [2.45, 2.75) is 6.42 Å². The van der Waals surface area contributed by atoms with Gasteiger partial charge in [0, 0.05) is 17.6 Å². The van der Waals surface area contributed by atoms with Crippen LogP contribution in [0.5, 0.6) is 5.75 Å². The molecular formula is C20H17ClN2O2. The van der Waals surface area contributed by atoms with E-state index in [4.69, 9.17) is 16.3 Å². The summed E-state index contributed by atoms with van der Waals surface area (Å²) in [6, 6.07) is 20.6. The summed E-state index contributed by atoms with van der Waals surface area (Å²) in [6.45, 7) is 0.520. The molecule has 1 aromatic heterocycles. The molecule has 126 valence electrons. The highest BCUT2D eigenvalue weighted by molar-refractivity contribution is 6.30. The van der Waals surface area contributed by atoms with Crippen LogP contribution < -0.4 is 10.1 Å². The molecule has 0 bridgehead atoms. The van der Waals surface area contributed by atoms with E-state index in [1.165, 1.54) is 17.8 Å². The summed E-state index contributed by atoms with van der Waals surface area (Å²) in [5, 5.41) is 3.28. The summed E-state index contributed by atoms with van der Waals surface area (Å²) in [6.07, 6.45) is 2.29. The summed E-state index contributed by atoms with van der Waals surface area (Å²) in [7, 11) is 0. The van der Waals surface area contributed by atoms with Crippen LogP contribution >= 0.6 is 11.6 Å². The molecule has 0 fully saturated rings. The van der Waals surface area contributed by atoms with Crippen LogP contribution in [0.15, 0.2) is 72.9 Å². The van der Waals surface area contributed by atoms with Gasteiger partial charge in [0.25, 0.3) is 5.91 Å². The molecule has 0 aliphatic rings. The van der Waals surface area contributed by atoms with Gasteiger partial charge in [0.05, 0.1) is 12.3 Å². The molecule has 0 atom stereocenters. The van der Waals surface area contributed by atoms with E-state index in [0.29, 0.717) is 23.1 Å². The molecule has 1 heterocycles. The van der Waals surface area contributed by atoms with Gasteiger partial charge < -0.3 is 10.1 Å². The summed E-state index contributed by atoms with van der Waals surface area (Å²) in [5.74, 6) is 0.287. The maximum absolute atomic E-state index is 12.3. The molecule has 25 heavy (non-hydrogen) atoms. The molecule has 1 N–H and O–H groups in total. The predicted octanol–water partition coefficient (Wildman–Crippen LogP) is 4.61. The molecule has 0 spiro atoms. The minimum atomic E-state index is -0.332. The third-order valence-corrected chi connectivity index (χ3v) is 3.82. The Kier molecular flexibility index (Phi) is 5.65. The molecule has 0 radical (unpaired) electrons. The summed E-state index contributed by atoms with van der Waals surface area (Å²) in [5.41, 5.74) is 2.06. The Morgan fingerprint density at radius 1 is 1.04 bits per heavy atom. The van der Waals surface area contributed by atoms with E-state index < -0.39 is 0 Å². The fourth-order valence-electron chi connectivity index (χ4n) is 2.33. The molecule has 0 saturated heterocycles. The first-order valence-electron chi connectivity index (χ1n) is 7.91. The first-order valence-corrected chi connectivity index (χ1v) is 8.29. The Morgan fingerprint density at radius 2 is 1.80 bits per heavy atom. The van der Waals surface area contributed by atoms with Crippen molar-refractivity contribution in [1.82, 2.24) is 4.98 Å². The first-order chi connectivity index (χ1) is 12.2. The van der Waals surface area contributed by atoms with E-state index in [9.17, 15) is 4.79 Å². The second kappa shape index (κ2) is 8.31. The van der Waals surface area contributed by atoms with Crippen LogP contribution in [0.3, 0.4) is 0 Å². The summed E-state index contributed by atoms with van der Waals surface area (Å²) >= 11 is 5.91. The van der Waals surface area contributed by atoms with Gasteiger partial charge in [-0.25, -0.2) is 0 Å². The number of carbonyl (C=O) groups is 1. The van der Waals surface area contributed by atoms with E-state index in [2.05, 4.69) is 22.4 Å². The zero-order chi connectivity index (χ0) is 17.5. The monoisotopic (exact) mass is 352 g/mol. The van der Waals surface area contributed by atoms with Crippen molar-refractivity contribution in [3.63, 3.8) is 0 Å². The van der Waals surface area contributed by atoms with Gasteiger partial charge in [0.2, 0.25) is 0 Å². The zero-order valence-corrected chi connectivity index (χ0v) is 14.2. The Labute approximate surface area is 151 Å². The lowest BCUT2D eigenvalue weighted by atomic mass is 10.2. The number of anilines is 1. The number of ether oxygens (including phenoxy) is 1. The molecule has 0 aliphatic heterocycles. The summed E-state index contributed by atoms with van der Waals surface area (Å²) < 4.78 is 5.84. The number of hydrogen-bond donors (Lipinski definition) is 1. The van der Waals surface area contributed by atoms with Crippen LogP contribution in [0.1, 0.15) is 16.1 Å². The van der Waals surface area contributed by atoms with E-state index in [1.807, 2.05) is 36.4 Å². The van der Waals surface area contributed by atoms with E-state index in [-0.39, 0.29) is 11.6 Å². The smallest absolute Gasteiger partial charge is 0.274 e. The molecule has 0 aliphatic carbocycles. The molecule has 0 unspecified atom stereocenters. The van der Waals surface area contributed by atoms with Gasteiger partial charge in [0.15, 0.2) is 0 Å². The Morgan fingerprint density at radius 3 is 2.60 bits per heavy atom. The van der Waals surface area contributed by atoms with Gasteiger partial charge >= 0.3 is 0 Å². The maximum Gasteiger partial charge on any atom is 0.274 e. The van der Waals surface area contributed by atoms with Gasteiger partial charge in [-0.1, -0.05) is 54.1 Å². The molecule has 2 aromatic carbocycles. The maximum atomic E-state index is 12.3. The van der Waals surface area contributed by atoms with Crippen molar-refractivity contribution in [3.8, 4) is 5.75 Å². The second-order valence-corrected chi connectivity index (χ2v) is 5.83. The standard InChI is InChI=1S/C20H17ClN2O2/c21-16-10-12-22-18(14-16)20(24)23-17-8-4-5-9-19(17)25-13-11-15-6-2-1-3-7-15/h1-10,12,14H,11,13H2,(H,23,24). The van der Waals surface area contributed by atoms with Crippen molar-refractivity contribution < 1.29 is 9.53 Å². The number of benzene rings is 2. The Hall–Kier alpha value is -2.85. The topological polar surface area (TPSA) is 51.2 Å². The average molecular weight is 353 g/mol. The molecule has 5 heteroatoms. The van der Waals surface area contributed by atoms with Gasteiger partial charge in [-0.3, -0.25) is 9.78 Å². The molecule has 4 nitrogen and oxygen atoms in total. The molecule has 0 saturated carbocycles. The lowest BCUT2D eigenvalue weighted by Crippen LogP contribution is -2.14. The van der Waals surface area contributed by atoms with E-state index in [1.54, 1.807) is 12.1 Å². The molecule has 3 aromatic rings. The number of halogens is 1. The van der Waals surface area contributed by atoms with E-state index in [0.717, 1.165) is 6.42 Å². The van der Waals surface area contributed by atoms with Crippen LogP contribution in [0.4, 0.5) is 5.69 Å². The SMILES string of the molecule is O=C(Nc1ccccc1OCCc1ccccc1)c1cc(Cl)ccn1. The highest BCUT2D eigenvalue weighted by atomic mass is 35.5. The number of nitrogens with zero attached hydrogens (tertiary/aromatic N) is 1. The highest BCUT2D eigenvalue weighted by Gasteiger charge is 2.11. The third-order valence-electron chi connectivity index (χ3n) is 3.58. The third kappa shape index (κ3) is 4.81. The van der Waals surface area contributed by atoms with E-state index >= 15 is 0 Å². The second-order valence-electron chi connectivity index (χ2n) is 5.39. The predicted molar refractivity (Wildman–Crippen MR) is 99.3 cm³/mol. The fourth-order valence-corrected chi connectivity index (χ4v) is 2.49. The Balaban J connectivity index is 1.65. The lowest BCUT2D eigenvalue weighted by molar-refractivity contribution is 0.102. The lowest BCUT2D eigenvalue weighted by Gasteiger charge is -2.12. The highest BCUT2D eigenvalue weighted by Crippen LogP contribution is 2.24. The number of aromatic nitrogens is 1. The average Bonchev–Trinajstić information content (AvgIpc) is 2.64. The number of hydrogen-bond acceptors (Lipinski definition) is 3.